The third kappa shape index (κ3) is 2.76. The molecule has 1 fully saturated rings. The Hall–Kier alpha value is -2.14. The van der Waals surface area contributed by atoms with E-state index in [0.29, 0.717) is 6.61 Å². The van der Waals surface area contributed by atoms with E-state index in [1.54, 1.807) is 24.3 Å². The summed E-state index contributed by atoms with van der Waals surface area (Å²) < 4.78 is 28.3. The molecule has 0 unspecified atom stereocenters. The minimum atomic E-state index is -3.22. The van der Waals surface area contributed by atoms with Gasteiger partial charge in [-0.25, -0.2) is 8.42 Å². The number of ether oxygens (including phenoxy) is 1. The summed E-state index contributed by atoms with van der Waals surface area (Å²) in [6, 6.07) is 16.2. The van der Waals surface area contributed by atoms with Gasteiger partial charge in [0.25, 0.3) is 0 Å². The van der Waals surface area contributed by atoms with E-state index >= 15 is 0 Å². The number of hydrogen-bond acceptors (Lipinski definition) is 4. The summed E-state index contributed by atoms with van der Waals surface area (Å²) in [5.41, 5.74) is 1.83. The highest BCUT2D eigenvalue weighted by Crippen LogP contribution is 2.39. The zero-order chi connectivity index (χ0) is 15.7. The molecule has 0 radical (unpaired) electrons. The lowest BCUT2D eigenvalue weighted by Gasteiger charge is -2.16. The van der Waals surface area contributed by atoms with Gasteiger partial charge in [0.05, 0.1) is 17.4 Å². The summed E-state index contributed by atoms with van der Waals surface area (Å²) in [7, 11) is -3.22. The topological polar surface area (TPSA) is 60.4 Å². The first kappa shape index (κ1) is 14.8. The van der Waals surface area contributed by atoms with E-state index in [2.05, 4.69) is 0 Å². The Balaban J connectivity index is 1.95. The molecule has 0 N–H and O–H groups in total. The zero-order valence-corrected chi connectivity index (χ0v) is 12.9. The van der Waals surface area contributed by atoms with Gasteiger partial charge in [0.15, 0.2) is 9.84 Å². The number of hydrogen-bond donors (Lipinski definition) is 0. The van der Waals surface area contributed by atoms with E-state index in [1.165, 1.54) is 6.26 Å². The number of cyclic esters (lactones) is 1. The molecule has 0 saturated carbocycles. The fourth-order valence-corrected chi connectivity index (χ4v) is 3.43. The van der Waals surface area contributed by atoms with Crippen molar-refractivity contribution in [3.05, 3.63) is 65.7 Å². The third-order valence-corrected chi connectivity index (χ3v) is 5.09. The molecule has 1 aliphatic heterocycles. The van der Waals surface area contributed by atoms with Gasteiger partial charge < -0.3 is 4.74 Å². The van der Waals surface area contributed by atoms with Crippen LogP contribution < -0.4 is 0 Å². The molecule has 1 saturated heterocycles. The van der Waals surface area contributed by atoms with Crippen molar-refractivity contribution < 1.29 is 17.9 Å². The van der Waals surface area contributed by atoms with Crippen LogP contribution in [0.4, 0.5) is 0 Å². The molecule has 2 atom stereocenters. The van der Waals surface area contributed by atoms with Crippen LogP contribution >= 0.6 is 0 Å². The lowest BCUT2D eigenvalue weighted by molar-refractivity contribution is -0.139. The van der Waals surface area contributed by atoms with Crippen molar-refractivity contribution in [2.45, 2.75) is 16.7 Å². The summed E-state index contributed by atoms with van der Waals surface area (Å²) in [5.74, 6) is -0.669. The SMILES string of the molecule is CS(=O)(=O)c1ccc([C@H]2COC(=O)[C@@H]2c2ccccc2)cc1. The van der Waals surface area contributed by atoms with E-state index in [1.807, 2.05) is 30.3 Å². The Morgan fingerprint density at radius 2 is 1.59 bits per heavy atom. The summed E-state index contributed by atoms with van der Waals surface area (Å²) in [5, 5.41) is 0. The molecule has 0 bridgehead atoms. The summed E-state index contributed by atoms with van der Waals surface area (Å²) in [6.45, 7) is 0.316. The number of benzene rings is 2. The molecule has 114 valence electrons. The molecule has 4 nitrogen and oxygen atoms in total. The Morgan fingerprint density at radius 3 is 2.18 bits per heavy atom. The number of carbonyl (C=O) groups excluding carboxylic acids is 1. The quantitative estimate of drug-likeness (QED) is 0.816. The Kier molecular flexibility index (Phi) is 3.74. The molecule has 2 aromatic rings. The van der Waals surface area contributed by atoms with E-state index < -0.39 is 9.84 Å². The lowest BCUT2D eigenvalue weighted by atomic mass is 9.84. The number of sulfone groups is 1. The third-order valence-electron chi connectivity index (χ3n) is 3.96. The van der Waals surface area contributed by atoms with Crippen LogP contribution in [0.3, 0.4) is 0 Å². The lowest BCUT2D eigenvalue weighted by Crippen LogP contribution is -2.12. The van der Waals surface area contributed by atoms with Crippen molar-refractivity contribution in [3.63, 3.8) is 0 Å². The molecular formula is C17H16O4S. The van der Waals surface area contributed by atoms with Gasteiger partial charge in [-0.2, -0.15) is 0 Å². The van der Waals surface area contributed by atoms with Crippen molar-refractivity contribution >= 4 is 15.8 Å². The van der Waals surface area contributed by atoms with Crippen molar-refractivity contribution in [2.24, 2.45) is 0 Å². The van der Waals surface area contributed by atoms with Crippen LogP contribution in [-0.2, 0) is 19.4 Å². The summed E-state index contributed by atoms with van der Waals surface area (Å²) >= 11 is 0. The highest BCUT2D eigenvalue weighted by molar-refractivity contribution is 7.90. The molecule has 22 heavy (non-hydrogen) atoms. The molecule has 5 heteroatoms. The average Bonchev–Trinajstić information content (AvgIpc) is 2.89. The van der Waals surface area contributed by atoms with Crippen LogP contribution in [0.25, 0.3) is 0 Å². The van der Waals surface area contributed by atoms with Crippen molar-refractivity contribution in [3.8, 4) is 0 Å². The van der Waals surface area contributed by atoms with Gasteiger partial charge in [-0.05, 0) is 23.3 Å². The van der Waals surface area contributed by atoms with E-state index in [9.17, 15) is 13.2 Å². The number of rotatable bonds is 3. The predicted molar refractivity (Wildman–Crippen MR) is 82.4 cm³/mol. The van der Waals surface area contributed by atoms with E-state index in [0.717, 1.165) is 11.1 Å². The molecule has 1 heterocycles. The molecule has 0 spiro atoms. The highest BCUT2D eigenvalue weighted by Gasteiger charge is 2.38. The monoisotopic (exact) mass is 316 g/mol. The summed E-state index contributed by atoms with van der Waals surface area (Å²) in [4.78, 5) is 12.3. The normalized spacial score (nSPS) is 21.6. The van der Waals surface area contributed by atoms with Gasteiger partial charge in [-0.3, -0.25) is 4.79 Å². The van der Waals surface area contributed by atoms with Crippen LogP contribution in [-0.4, -0.2) is 27.2 Å². The number of carbonyl (C=O) groups is 1. The fourth-order valence-electron chi connectivity index (χ4n) is 2.80. The van der Waals surface area contributed by atoms with Gasteiger partial charge in [-0.1, -0.05) is 42.5 Å². The maximum Gasteiger partial charge on any atom is 0.314 e. The maximum absolute atomic E-state index is 12.1. The first-order valence-electron chi connectivity index (χ1n) is 6.98. The molecular weight excluding hydrogens is 300 g/mol. The Labute approximate surface area is 129 Å². The predicted octanol–water partition coefficient (Wildman–Crippen LogP) is 2.51. The van der Waals surface area contributed by atoms with Crippen LogP contribution in [0, 0.1) is 0 Å². The first-order valence-corrected chi connectivity index (χ1v) is 8.87. The largest absolute Gasteiger partial charge is 0.465 e. The Morgan fingerprint density at radius 1 is 0.955 bits per heavy atom. The second-order valence-corrected chi connectivity index (χ2v) is 7.48. The van der Waals surface area contributed by atoms with Crippen LogP contribution in [0.1, 0.15) is 23.0 Å². The maximum atomic E-state index is 12.1. The van der Waals surface area contributed by atoms with Gasteiger partial charge in [-0.15, -0.1) is 0 Å². The molecule has 0 amide bonds. The minimum Gasteiger partial charge on any atom is -0.465 e. The second kappa shape index (κ2) is 5.57. The Bertz CT molecular complexity index is 779. The van der Waals surface area contributed by atoms with Crippen molar-refractivity contribution in [2.75, 3.05) is 12.9 Å². The van der Waals surface area contributed by atoms with Crippen LogP contribution in [0.5, 0.6) is 0 Å². The zero-order valence-electron chi connectivity index (χ0n) is 12.1. The van der Waals surface area contributed by atoms with Crippen LogP contribution in [0.2, 0.25) is 0 Å². The van der Waals surface area contributed by atoms with Gasteiger partial charge in [0.1, 0.15) is 0 Å². The average molecular weight is 316 g/mol. The van der Waals surface area contributed by atoms with Gasteiger partial charge in [0, 0.05) is 12.2 Å². The van der Waals surface area contributed by atoms with Gasteiger partial charge >= 0.3 is 5.97 Å². The minimum absolute atomic E-state index is 0.0940. The van der Waals surface area contributed by atoms with Crippen molar-refractivity contribution in [1.82, 2.24) is 0 Å². The highest BCUT2D eigenvalue weighted by atomic mass is 32.2. The molecule has 2 aromatic carbocycles. The van der Waals surface area contributed by atoms with Crippen molar-refractivity contribution in [1.29, 1.82) is 0 Å². The smallest absolute Gasteiger partial charge is 0.314 e. The van der Waals surface area contributed by atoms with E-state index in [4.69, 9.17) is 4.74 Å². The fraction of sp³-hybridized carbons (Fsp3) is 0.235. The molecule has 0 aromatic heterocycles. The molecule has 0 aliphatic carbocycles. The number of esters is 1. The first-order chi connectivity index (χ1) is 10.5. The second-order valence-electron chi connectivity index (χ2n) is 5.47. The molecule has 1 aliphatic rings. The summed E-state index contributed by atoms with van der Waals surface area (Å²) in [6.07, 6.45) is 1.18. The van der Waals surface area contributed by atoms with Gasteiger partial charge in [0.2, 0.25) is 0 Å². The van der Waals surface area contributed by atoms with E-state index in [-0.39, 0.29) is 22.7 Å². The molecule has 3 rings (SSSR count). The van der Waals surface area contributed by atoms with Crippen LogP contribution in [0.15, 0.2) is 59.5 Å². The standard InChI is InChI=1S/C17H16O4S/c1-22(19,20)14-9-7-12(8-10-14)15-11-21-17(18)16(15)13-5-3-2-4-6-13/h2-10,15-16H,11H2,1H3/t15-,16-/m1/s1.